The van der Waals surface area contributed by atoms with Gasteiger partial charge in [0, 0.05) is 43.5 Å². The number of hydrogen-bond donors (Lipinski definition) is 3. The number of anilines is 1. The largest absolute Gasteiger partial charge is 0.381 e. The van der Waals surface area contributed by atoms with Crippen LogP contribution in [-0.2, 0) is 6.54 Å². The molecule has 6 nitrogen and oxygen atoms in total. The minimum Gasteiger partial charge on any atom is -0.381 e. The van der Waals surface area contributed by atoms with Gasteiger partial charge in [-0.1, -0.05) is 37.3 Å². The van der Waals surface area contributed by atoms with Gasteiger partial charge in [-0.3, -0.25) is 9.69 Å². The zero-order chi connectivity index (χ0) is 18.8. The number of hydrogen-bond acceptors (Lipinski definition) is 4. The fourth-order valence-corrected chi connectivity index (χ4v) is 3.97. The number of likely N-dealkylation sites (tertiary alicyclic amines) is 1. The predicted octanol–water partition coefficient (Wildman–Crippen LogP) is 2.98. The first kappa shape index (κ1) is 17.5. The summed E-state index contributed by atoms with van der Waals surface area (Å²) in [6.07, 6.45) is 4.40. The molecule has 6 heteroatoms. The van der Waals surface area contributed by atoms with E-state index < -0.39 is 5.91 Å². The summed E-state index contributed by atoms with van der Waals surface area (Å²) in [5.41, 5.74) is 8.93. The number of rotatable bonds is 5. The first-order valence-corrected chi connectivity index (χ1v) is 9.40. The zero-order valence-electron chi connectivity index (χ0n) is 15.5. The zero-order valence-corrected chi connectivity index (χ0v) is 15.5. The second kappa shape index (κ2) is 7.40. The molecular formula is C21H25N5O. The molecule has 2 aromatic heterocycles. The van der Waals surface area contributed by atoms with Crippen molar-refractivity contribution in [2.45, 2.75) is 25.9 Å². The van der Waals surface area contributed by atoms with E-state index in [1.165, 1.54) is 5.56 Å². The number of aromatic nitrogens is 2. The second-order valence-electron chi connectivity index (χ2n) is 7.39. The van der Waals surface area contributed by atoms with Crippen molar-refractivity contribution in [3.05, 3.63) is 59.9 Å². The summed E-state index contributed by atoms with van der Waals surface area (Å²) in [5.74, 6) is -0.00684. The van der Waals surface area contributed by atoms with Crippen LogP contribution in [0.1, 0.15) is 29.3 Å². The van der Waals surface area contributed by atoms with Crippen LogP contribution in [-0.4, -0.2) is 39.9 Å². The Bertz CT molecular complexity index is 936. The van der Waals surface area contributed by atoms with Crippen LogP contribution in [0.25, 0.3) is 11.0 Å². The second-order valence-corrected chi connectivity index (χ2v) is 7.39. The van der Waals surface area contributed by atoms with Gasteiger partial charge in [-0.25, -0.2) is 4.98 Å². The minimum atomic E-state index is -0.456. The first-order chi connectivity index (χ1) is 13.1. The topological polar surface area (TPSA) is 87.0 Å². The molecule has 1 saturated heterocycles. The van der Waals surface area contributed by atoms with Gasteiger partial charge in [0.1, 0.15) is 5.65 Å². The van der Waals surface area contributed by atoms with Crippen LogP contribution in [0, 0.1) is 5.92 Å². The molecule has 4 rings (SSSR count). The van der Waals surface area contributed by atoms with Crippen molar-refractivity contribution in [1.29, 1.82) is 0 Å². The van der Waals surface area contributed by atoms with Gasteiger partial charge in [-0.15, -0.1) is 0 Å². The Balaban J connectivity index is 1.50. The van der Waals surface area contributed by atoms with Crippen molar-refractivity contribution in [3.8, 4) is 0 Å². The number of piperidine rings is 1. The molecule has 0 bridgehead atoms. The molecule has 0 aliphatic carbocycles. The summed E-state index contributed by atoms with van der Waals surface area (Å²) in [7, 11) is 0. The van der Waals surface area contributed by atoms with Gasteiger partial charge in [0.05, 0.1) is 11.3 Å². The molecule has 27 heavy (non-hydrogen) atoms. The fourth-order valence-electron chi connectivity index (χ4n) is 3.97. The summed E-state index contributed by atoms with van der Waals surface area (Å²) in [4.78, 5) is 21.8. The van der Waals surface area contributed by atoms with E-state index in [9.17, 15) is 4.79 Å². The molecular weight excluding hydrogens is 338 g/mol. The van der Waals surface area contributed by atoms with Crippen LogP contribution < -0.4 is 11.1 Å². The highest BCUT2D eigenvalue weighted by atomic mass is 16.1. The van der Waals surface area contributed by atoms with Gasteiger partial charge in [0.2, 0.25) is 0 Å². The Morgan fingerprint density at radius 1 is 1.33 bits per heavy atom. The Morgan fingerprint density at radius 2 is 2.15 bits per heavy atom. The molecule has 0 saturated carbocycles. The van der Waals surface area contributed by atoms with E-state index in [4.69, 9.17) is 5.73 Å². The number of carbonyl (C=O) groups excluding carboxylic acids is 1. The third kappa shape index (κ3) is 3.66. The van der Waals surface area contributed by atoms with Crippen molar-refractivity contribution < 1.29 is 4.79 Å². The van der Waals surface area contributed by atoms with Gasteiger partial charge in [-0.05, 0) is 24.0 Å². The van der Waals surface area contributed by atoms with E-state index >= 15 is 0 Å². The molecule has 1 aromatic carbocycles. The van der Waals surface area contributed by atoms with Crippen LogP contribution >= 0.6 is 0 Å². The summed E-state index contributed by atoms with van der Waals surface area (Å²) >= 11 is 0. The van der Waals surface area contributed by atoms with Gasteiger partial charge in [-0.2, -0.15) is 0 Å². The van der Waals surface area contributed by atoms with Gasteiger partial charge >= 0.3 is 0 Å². The number of carbonyl (C=O) groups is 1. The predicted molar refractivity (Wildman–Crippen MR) is 108 cm³/mol. The molecule has 1 aliphatic heterocycles. The summed E-state index contributed by atoms with van der Waals surface area (Å²) in [6, 6.07) is 12.8. The molecule has 3 aromatic rings. The Kier molecular flexibility index (Phi) is 4.81. The number of nitrogens with zero attached hydrogens (tertiary/aromatic N) is 2. The maximum absolute atomic E-state index is 11.9. The number of nitrogens with one attached hydrogen (secondary N) is 2. The number of nitrogens with two attached hydrogens (primary N) is 1. The van der Waals surface area contributed by atoms with E-state index in [-0.39, 0.29) is 6.04 Å². The first-order valence-electron chi connectivity index (χ1n) is 9.40. The number of fused-ring (bicyclic) bond motifs is 1. The van der Waals surface area contributed by atoms with E-state index in [0.717, 1.165) is 42.8 Å². The maximum atomic E-state index is 11.9. The van der Waals surface area contributed by atoms with Crippen molar-refractivity contribution in [2.24, 2.45) is 11.7 Å². The summed E-state index contributed by atoms with van der Waals surface area (Å²) in [5, 5.41) is 4.51. The molecule has 0 unspecified atom stereocenters. The standard InChI is InChI=1S/C21H25N5O/c1-14-12-26(13-15-5-3-2-4-6-15)10-8-18(14)25-19-16-7-9-23-21(16)24-11-17(19)20(22)27/h2-7,9,11,14,18H,8,10,12-13H2,1H3,(H2,22,27)(H2,23,24,25)/t14-,18+/m1/s1. The van der Waals surface area contributed by atoms with Crippen molar-refractivity contribution in [1.82, 2.24) is 14.9 Å². The molecule has 1 aliphatic rings. The monoisotopic (exact) mass is 363 g/mol. The normalized spacial score (nSPS) is 20.6. The molecule has 140 valence electrons. The molecule has 1 fully saturated rings. The molecule has 0 radical (unpaired) electrons. The Morgan fingerprint density at radius 3 is 2.89 bits per heavy atom. The van der Waals surface area contributed by atoms with E-state index in [0.29, 0.717) is 11.5 Å². The van der Waals surface area contributed by atoms with E-state index in [2.05, 4.69) is 57.4 Å². The molecule has 1 amide bonds. The number of primary amides is 1. The highest BCUT2D eigenvalue weighted by Gasteiger charge is 2.27. The average Bonchev–Trinajstić information content (AvgIpc) is 3.14. The molecule has 0 spiro atoms. The third-order valence-corrected chi connectivity index (χ3v) is 5.42. The van der Waals surface area contributed by atoms with Gasteiger partial charge < -0.3 is 16.0 Å². The number of H-pyrrole nitrogens is 1. The number of benzene rings is 1. The molecule has 4 N–H and O–H groups in total. The number of amides is 1. The summed E-state index contributed by atoms with van der Waals surface area (Å²) in [6.45, 7) is 5.26. The number of aromatic amines is 1. The van der Waals surface area contributed by atoms with Crippen molar-refractivity contribution >= 4 is 22.6 Å². The summed E-state index contributed by atoms with van der Waals surface area (Å²) < 4.78 is 0. The van der Waals surface area contributed by atoms with Crippen molar-refractivity contribution in [2.75, 3.05) is 18.4 Å². The van der Waals surface area contributed by atoms with Crippen LogP contribution in [0.4, 0.5) is 5.69 Å². The lowest BCUT2D eigenvalue weighted by Crippen LogP contribution is -2.45. The quantitative estimate of drug-likeness (QED) is 0.650. The maximum Gasteiger partial charge on any atom is 0.252 e. The minimum absolute atomic E-state index is 0.288. The average molecular weight is 363 g/mol. The van der Waals surface area contributed by atoms with Gasteiger partial charge in [0.15, 0.2) is 0 Å². The lowest BCUT2D eigenvalue weighted by atomic mass is 9.92. The van der Waals surface area contributed by atoms with Gasteiger partial charge in [0.25, 0.3) is 5.91 Å². The van der Waals surface area contributed by atoms with Crippen LogP contribution in [0.5, 0.6) is 0 Å². The fraction of sp³-hybridized carbons (Fsp3) is 0.333. The third-order valence-electron chi connectivity index (χ3n) is 5.42. The highest BCUT2D eigenvalue weighted by molar-refractivity contribution is 6.05. The molecule has 2 atom stereocenters. The smallest absolute Gasteiger partial charge is 0.252 e. The lowest BCUT2D eigenvalue weighted by Gasteiger charge is -2.38. The van der Waals surface area contributed by atoms with Crippen LogP contribution in [0.2, 0.25) is 0 Å². The SMILES string of the molecule is C[C@@H]1CN(Cc2ccccc2)CC[C@@H]1Nc1c(C(N)=O)cnc2[nH]ccc12. The Hall–Kier alpha value is -2.86. The van der Waals surface area contributed by atoms with E-state index in [1.807, 2.05) is 12.3 Å². The Labute approximate surface area is 158 Å². The van der Waals surface area contributed by atoms with Crippen LogP contribution in [0.15, 0.2) is 48.8 Å². The highest BCUT2D eigenvalue weighted by Crippen LogP contribution is 2.29. The van der Waals surface area contributed by atoms with Crippen LogP contribution in [0.3, 0.4) is 0 Å². The van der Waals surface area contributed by atoms with E-state index in [1.54, 1.807) is 6.20 Å². The number of pyridine rings is 1. The lowest BCUT2D eigenvalue weighted by molar-refractivity contribution is 0.100. The van der Waals surface area contributed by atoms with Crippen molar-refractivity contribution in [3.63, 3.8) is 0 Å². The molecule has 3 heterocycles.